The minimum atomic E-state index is -0.490. The molecule has 154 valence electrons. The van der Waals surface area contributed by atoms with Crippen LogP contribution in [0, 0.1) is 6.92 Å². The molecule has 0 unspecified atom stereocenters. The largest absolute Gasteiger partial charge is 0.437 e. The number of benzene rings is 2. The third-order valence-corrected chi connectivity index (χ3v) is 4.07. The van der Waals surface area contributed by atoms with Crippen molar-refractivity contribution in [1.82, 2.24) is 9.97 Å². The summed E-state index contributed by atoms with van der Waals surface area (Å²) in [6.45, 7) is 1.76. The van der Waals surface area contributed by atoms with Gasteiger partial charge in [-0.25, -0.2) is 4.98 Å². The van der Waals surface area contributed by atoms with Gasteiger partial charge < -0.3 is 19.8 Å². The van der Waals surface area contributed by atoms with E-state index in [4.69, 9.17) is 4.74 Å². The molecule has 0 aliphatic heterocycles. The second-order valence-corrected chi connectivity index (χ2v) is 6.57. The summed E-state index contributed by atoms with van der Waals surface area (Å²) in [4.78, 5) is 27.4. The molecule has 8 heteroatoms. The number of aromatic nitrogens is 2. The van der Waals surface area contributed by atoms with Crippen molar-refractivity contribution in [1.29, 1.82) is 0 Å². The zero-order valence-corrected chi connectivity index (χ0v) is 17.3. The zero-order valence-electron chi connectivity index (χ0n) is 17.3. The summed E-state index contributed by atoms with van der Waals surface area (Å²) in [6.07, 6.45) is 1.03. The van der Waals surface area contributed by atoms with Crippen molar-refractivity contribution in [2.24, 2.45) is 5.16 Å². The Labute approximate surface area is 175 Å². The molecular weight excluding hydrogens is 382 g/mol. The van der Waals surface area contributed by atoms with Gasteiger partial charge in [0, 0.05) is 14.1 Å². The molecule has 0 aliphatic rings. The van der Waals surface area contributed by atoms with E-state index in [0.717, 1.165) is 17.3 Å². The Balaban J connectivity index is 1.99. The number of oxime groups is 1. The number of amides is 1. The normalized spacial score (nSPS) is 10.7. The fraction of sp³-hybridized carbons (Fsp3) is 0.182. The Bertz CT molecular complexity index is 1050. The Morgan fingerprint density at radius 1 is 1.07 bits per heavy atom. The lowest BCUT2D eigenvalue weighted by molar-refractivity contribution is -0.110. The SMILES string of the molecule is CON=CC(=O)Nc1c(Oc2cccc(-c3ccccc3)c2)nc(C)nc1N(C)C. The molecule has 0 saturated carbocycles. The van der Waals surface area contributed by atoms with Crippen LogP contribution in [-0.2, 0) is 9.63 Å². The van der Waals surface area contributed by atoms with E-state index in [1.165, 1.54) is 7.11 Å². The van der Waals surface area contributed by atoms with Crippen molar-refractivity contribution in [3.05, 3.63) is 60.4 Å². The molecule has 1 aromatic heterocycles. The van der Waals surface area contributed by atoms with Crippen molar-refractivity contribution in [3.8, 4) is 22.8 Å². The van der Waals surface area contributed by atoms with E-state index < -0.39 is 5.91 Å². The van der Waals surface area contributed by atoms with Crippen LogP contribution in [0.25, 0.3) is 11.1 Å². The van der Waals surface area contributed by atoms with Crippen LogP contribution in [0.2, 0.25) is 0 Å². The van der Waals surface area contributed by atoms with Gasteiger partial charge in [0.25, 0.3) is 5.91 Å². The molecule has 0 aliphatic carbocycles. The lowest BCUT2D eigenvalue weighted by atomic mass is 10.1. The predicted octanol–water partition coefficient (Wildman–Crippen LogP) is 3.88. The van der Waals surface area contributed by atoms with Gasteiger partial charge in [0.2, 0.25) is 5.88 Å². The number of anilines is 2. The molecule has 8 nitrogen and oxygen atoms in total. The first kappa shape index (κ1) is 20.8. The van der Waals surface area contributed by atoms with E-state index in [1.54, 1.807) is 11.8 Å². The monoisotopic (exact) mass is 405 g/mol. The number of rotatable bonds is 7. The maximum atomic E-state index is 12.2. The number of carbonyl (C=O) groups is 1. The summed E-state index contributed by atoms with van der Waals surface area (Å²) < 4.78 is 6.08. The van der Waals surface area contributed by atoms with Crippen LogP contribution in [0.1, 0.15) is 5.82 Å². The van der Waals surface area contributed by atoms with Crippen LogP contribution in [0.4, 0.5) is 11.5 Å². The van der Waals surface area contributed by atoms with Gasteiger partial charge in [-0.1, -0.05) is 47.6 Å². The standard InChI is InChI=1S/C22H23N5O3/c1-15-24-21(27(2)3)20(26-19(28)14-23-29-4)22(25-15)30-18-12-8-11-17(13-18)16-9-6-5-7-10-16/h5-14H,1-4H3,(H,26,28). The van der Waals surface area contributed by atoms with E-state index in [9.17, 15) is 4.79 Å². The maximum absolute atomic E-state index is 12.2. The number of carbonyl (C=O) groups excluding carboxylic acids is 1. The van der Waals surface area contributed by atoms with E-state index in [2.05, 4.69) is 25.3 Å². The number of nitrogens with zero attached hydrogens (tertiary/aromatic N) is 4. The van der Waals surface area contributed by atoms with Crippen molar-refractivity contribution in [2.45, 2.75) is 6.92 Å². The Hall–Kier alpha value is -3.94. The minimum Gasteiger partial charge on any atom is -0.437 e. The Kier molecular flexibility index (Phi) is 6.59. The minimum absolute atomic E-state index is 0.232. The van der Waals surface area contributed by atoms with Gasteiger partial charge in [0.05, 0.1) is 0 Å². The van der Waals surface area contributed by atoms with Crippen LogP contribution < -0.4 is 15.0 Å². The van der Waals surface area contributed by atoms with Crippen LogP contribution >= 0.6 is 0 Å². The van der Waals surface area contributed by atoms with Crippen molar-refractivity contribution < 1.29 is 14.4 Å². The molecule has 1 amide bonds. The molecule has 0 saturated heterocycles. The van der Waals surface area contributed by atoms with Gasteiger partial charge in [0.15, 0.2) is 5.82 Å². The molecule has 3 aromatic rings. The highest BCUT2D eigenvalue weighted by Crippen LogP contribution is 2.35. The number of hydrogen-bond donors (Lipinski definition) is 1. The molecular formula is C22H23N5O3. The highest BCUT2D eigenvalue weighted by atomic mass is 16.6. The fourth-order valence-corrected chi connectivity index (χ4v) is 2.78. The fourth-order valence-electron chi connectivity index (χ4n) is 2.78. The van der Waals surface area contributed by atoms with E-state index in [-0.39, 0.29) is 5.88 Å². The van der Waals surface area contributed by atoms with E-state index >= 15 is 0 Å². The molecule has 0 radical (unpaired) electrons. The quantitative estimate of drug-likeness (QED) is 0.474. The van der Waals surface area contributed by atoms with E-state index in [1.807, 2.05) is 68.7 Å². The lowest BCUT2D eigenvalue weighted by Crippen LogP contribution is -2.20. The number of nitrogens with one attached hydrogen (secondary N) is 1. The Morgan fingerprint density at radius 3 is 2.50 bits per heavy atom. The van der Waals surface area contributed by atoms with Crippen molar-refractivity contribution >= 4 is 23.6 Å². The molecule has 0 bridgehead atoms. The molecule has 2 aromatic carbocycles. The smallest absolute Gasteiger partial charge is 0.270 e. The first-order chi connectivity index (χ1) is 14.5. The van der Waals surface area contributed by atoms with Gasteiger partial charge in [-0.15, -0.1) is 0 Å². The van der Waals surface area contributed by atoms with Gasteiger partial charge in [0.1, 0.15) is 30.6 Å². The molecule has 0 spiro atoms. The third kappa shape index (κ3) is 5.11. The van der Waals surface area contributed by atoms with Crippen LogP contribution in [-0.4, -0.2) is 43.3 Å². The Morgan fingerprint density at radius 2 is 1.80 bits per heavy atom. The number of hydrogen-bond acceptors (Lipinski definition) is 7. The highest BCUT2D eigenvalue weighted by molar-refractivity contribution is 6.32. The first-order valence-electron chi connectivity index (χ1n) is 9.24. The predicted molar refractivity (Wildman–Crippen MR) is 117 cm³/mol. The molecule has 0 fully saturated rings. The zero-order chi connectivity index (χ0) is 21.5. The summed E-state index contributed by atoms with van der Waals surface area (Å²) in [5.74, 6) is 1.35. The number of aryl methyl sites for hydroxylation is 1. The summed E-state index contributed by atoms with van der Waals surface area (Å²) in [5, 5.41) is 6.22. The molecule has 30 heavy (non-hydrogen) atoms. The summed E-state index contributed by atoms with van der Waals surface area (Å²) in [7, 11) is 5.00. The topological polar surface area (TPSA) is 88.9 Å². The summed E-state index contributed by atoms with van der Waals surface area (Å²) in [6, 6.07) is 17.6. The first-order valence-corrected chi connectivity index (χ1v) is 9.24. The van der Waals surface area contributed by atoms with Crippen molar-refractivity contribution in [3.63, 3.8) is 0 Å². The van der Waals surface area contributed by atoms with Gasteiger partial charge >= 0.3 is 0 Å². The van der Waals surface area contributed by atoms with Crippen LogP contribution in [0.15, 0.2) is 59.8 Å². The van der Waals surface area contributed by atoms with Crippen LogP contribution in [0.3, 0.4) is 0 Å². The van der Waals surface area contributed by atoms with Crippen molar-refractivity contribution in [2.75, 3.05) is 31.4 Å². The van der Waals surface area contributed by atoms with Crippen LogP contribution in [0.5, 0.6) is 11.6 Å². The van der Waals surface area contributed by atoms with Gasteiger partial charge in [-0.3, -0.25) is 4.79 Å². The molecule has 0 atom stereocenters. The maximum Gasteiger partial charge on any atom is 0.270 e. The molecule has 1 heterocycles. The second-order valence-electron chi connectivity index (χ2n) is 6.57. The van der Waals surface area contributed by atoms with Gasteiger partial charge in [-0.2, -0.15) is 4.98 Å². The average Bonchev–Trinajstić information content (AvgIpc) is 2.74. The average molecular weight is 405 g/mol. The molecule has 3 rings (SSSR count). The highest BCUT2D eigenvalue weighted by Gasteiger charge is 2.19. The number of ether oxygens (including phenoxy) is 1. The summed E-state index contributed by atoms with van der Waals surface area (Å²) in [5.41, 5.74) is 2.41. The second kappa shape index (κ2) is 9.51. The van der Waals surface area contributed by atoms with E-state index in [0.29, 0.717) is 23.1 Å². The molecule has 1 N–H and O–H groups in total. The summed E-state index contributed by atoms with van der Waals surface area (Å²) >= 11 is 0. The lowest BCUT2D eigenvalue weighted by Gasteiger charge is -2.19. The third-order valence-electron chi connectivity index (χ3n) is 4.07. The van der Waals surface area contributed by atoms with Gasteiger partial charge in [-0.05, 0) is 30.2 Å².